The van der Waals surface area contributed by atoms with Crippen LogP contribution in [0.3, 0.4) is 0 Å². The number of nitrogens with zero attached hydrogens (tertiary/aromatic N) is 2. The first-order valence-electron chi connectivity index (χ1n) is 7.61. The summed E-state index contributed by atoms with van der Waals surface area (Å²) < 4.78 is 0. The van der Waals surface area contributed by atoms with Crippen molar-refractivity contribution in [1.82, 2.24) is 9.96 Å². The smallest absolute Gasteiger partial charge is 0.328 e. The van der Waals surface area contributed by atoms with Crippen LogP contribution < -0.4 is 0 Å². The standard InChI is InChI=1S/C18H14Cl2N2O4/c1-21(2)15(10-7-11(19)9-12(20)8-10)18(25)26-22-16(23)13-5-3-4-6-14(13)17(22)24/h3-9,15H,1-2H3. The zero-order valence-corrected chi connectivity index (χ0v) is 15.4. The van der Waals surface area contributed by atoms with E-state index in [1.54, 1.807) is 43.3 Å². The number of halogens is 2. The third-order valence-electron chi connectivity index (χ3n) is 3.88. The van der Waals surface area contributed by atoms with E-state index < -0.39 is 23.8 Å². The Kier molecular flexibility index (Phi) is 5.00. The molecule has 1 atom stereocenters. The highest BCUT2D eigenvalue weighted by Crippen LogP contribution is 2.29. The van der Waals surface area contributed by atoms with E-state index in [2.05, 4.69) is 0 Å². The van der Waals surface area contributed by atoms with Gasteiger partial charge in [0.1, 0.15) is 6.04 Å². The lowest BCUT2D eigenvalue weighted by molar-refractivity contribution is -0.174. The lowest BCUT2D eigenvalue weighted by Crippen LogP contribution is -2.38. The largest absolute Gasteiger partial charge is 0.354 e. The zero-order chi connectivity index (χ0) is 19.0. The van der Waals surface area contributed by atoms with Gasteiger partial charge in [0, 0.05) is 10.0 Å². The minimum atomic E-state index is -0.907. The molecule has 1 heterocycles. The molecule has 2 aromatic rings. The molecule has 2 amide bonds. The van der Waals surface area contributed by atoms with Gasteiger partial charge >= 0.3 is 5.97 Å². The Morgan fingerprint density at radius 1 is 1.00 bits per heavy atom. The number of benzene rings is 2. The number of hydroxylamine groups is 2. The molecule has 0 aromatic heterocycles. The van der Waals surface area contributed by atoms with Crippen molar-refractivity contribution < 1.29 is 19.2 Å². The van der Waals surface area contributed by atoms with Gasteiger partial charge in [-0.1, -0.05) is 40.4 Å². The fourth-order valence-electron chi connectivity index (χ4n) is 2.77. The molecule has 0 saturated heterocycles. The minimum absolute atomic E-state index is 0.192. The average Bonchev–Trinajstić information content (AvgIpc) is 2.79. The molecule has 0 aliphatic carbocycles. The summed E-state index contributed by atoms with van der Waals surface area (Å²) >= 11 is 12.0. The Morgan fingerprint density at radius 3 is 1.96 bits per heavy atom. The molecular formula is C18H14Cl2N2O4. The van der Waals surface area contributed by atoms with Gasteiger partial charge < -0.3 is 4.84 Å². The van der Waals surface area contributed by atoms with E-state index in [0.29, 0.717) is 20.7 Å². The van der Waals surface area contributed by atoms with Crippen LogP contribution in [-0.4, -0.2) is 41.8 Å². The Balaban J connectivity index is 1.88. The van der Waals surface area contributed by atoms with E-state index in [1.807, 2.05) is 0 Å². The number of hydrogen-bond donors (Lipinski definition) is 0. The molecule has 0 fully saturated rings. The van der Waals surface area contributed by atoms with Gasteiger partial charge in [0.05, 0.1) is 11.1 Å². The second-order valence-corrected chi connectivity index (χ2v) is 6.80. The number of carbonyl (C=O) groups is 3. The first kappa shape index (κ1) is 18.4. The Hall–Kier alpha value is -2.41. The summed E-state index contributed by atoms with van der Waals surface area (Å²) in [6.07, 6.45) is 0. The van der Waals surface area contributed by atoms with E-state index in [-0.39, 0.29) is 11.1 Å². The van der Waals surface area contributed by atoms with Crippen molar-refractivity contribution in [3.8, 4) is 0 Å². The fraction of sp³-hybridized carbons (Fsp3) is 0.167. The summed E-state index contributed by atoms with van der Waals surface area (Å²) in [5.41, 5.74) is 0.865. The van der Waals surface area contributed by atoms with Crippen LogP contribution in [0.5, 0.6) is 0 Å². The Bertz CT molecular complexity index is 859. The van der Waals surface area contributed by atoms with Crippen molar-refractivity contribution in [2.75, 3.05) is 14.1 Å². The predicted octanol–water partition coefficient (Wildman–Crippen LogP) is 3.35. The van der Waals surface area contributed by atoms with Crippen LogP contribution >= 0.6 is 23.2 Å². The summed E-state index contributed by atoms with van der Waals surface area (Å²) in [6.45, 7) is 0. The third kappa shape index (κ3) is 3.31. The molecule has 2 aromatic carbocycles. The van der Waals surface area contributed by atoms with E-state index in [0.717, 1.165) is 0 Å². The second kappa shape index (κ2) is 7.07. The summed E-state index contributed by atoms with van der Waals surface area (Å²) in [6, 6.07) is 10.0. The van der Waals surface area contributed by atoms with Crippen LogP contribution in [0.4, 0.5) is 0 Å². The highest BCUT2D eigenvalue weighted by molar-refractivity contribution is 6.34. The SMILES string of the molecule is CN(C)C(C(=O)ON1C(=O)c2ccccc2C1=O)c1cc(Cl)cc(Cl)c1. The van der Waals surface area contributed by atoms with E-state index in [4.69, 9.17) is 28.0 Å². The molecule has 134 valence electrons. The Labute approximate surface area is 159 Å². The predicted molar refractivity (Wildman–Crippen MR) is 95.9 cm³/mol. The number of fused-ring (bicyclic) bond motifs is 1. The molecule has 8 heteroatoms. The van der Waals surface area contributed by atoms with Gasteiger partial charge in [0.2, 0.25) is 0 Å². The quantitative estimate of drug-likeness (QED) is 0.746. The van der Waals surface area contributed by atoms with Crippen molar-refractivity contribution in [1.29, 1.82) is 0 Å². The molecule has 0 spiro atoms. The van der Waals surface area contributed by atoms with Gasteiger partial charge in [-0.15, -0.1) is 0 Å². The maximum atomic E-state index is 12.7. The van der Waals surface area contributed by atoms with Crippen LogP contribution in [-0.2, 0) is 9.63 Å². The zero-order valence-electron chi connectivity index (χ0n) is 13.9. The third-order valence-corrected chi connectivity index (χ3v) is 4.31. The van der Waals surface area contributed by atoms with E-state index in [1.165, 1.54) is 18.2 Å². The fourth-order valence-corrected chi connectivity index (χ4v) is 3.31. The highest BCUT2D eigenvalue weighted by Gasteiger charge is 2.40. The van der Waals surface area contributed by atoms with Crippen molar-refractivity contribution in [2.45, 2.75) is 6.04 Å². The molecule has 6 nitrogen and oxygen atoms in total. The molecule has 1 aliphatic heterocycles. The summed E-state index contributed by atoms with van der Waals surface area (Å²) in [5.74, 6) is -2.16. The summed E-state index contributed by atoms with van der Waals surface area (Å²) in [5, 5.41) is 1.19. The first-order valence-corrected chi connectivity index (χ1v) is 8.37. The first-order chi connectivity index (χ1) is 12.3. The second-order valence-electron chi connectivity index (χ2n) is 5.93. The van der Waals surface area contributed by atoms with Gasteiger partial charge in [-0.3, -0.25) is 14.5 Å². The number of imide groups is 1. The molecule has 0 N–H and O–H groups in total. The van der Waals surface area contributed by atoms with Crippen LogP contribution in [0.25, 0.3) is 0 Å². The van der Waals surface area contributed by atoms with Gasteiger partial charge in [-0.05, 0) is 50.0 Å². The van der Waals surface area contributed by atoms with Gasteiger partial charge in [-0.2, -0.15) is 0 Å². The number of likely N-dealkylation sites (N-methyl/N-ethyl adjacent to an activating group) is 1. The topological polar surface area (TPSA) is 66.9 Å². The van der Waals surface area contributed by atoms with Crippen molar-refractivity contribution >= 4 is 41.0 Å². The van der Waals surface area contributed by atoms with Gasteiger partial charge in [-0.25, -0.2) is 4.79 Å². The monoisotopic (exact) mass is 392 g/mol. The average molecular weight is 393 g/mol. The van der Waals surface area contributed by atoms with Crippen molar-refractivity contribution in [2.24, 2.45) is 0 Å². The molecular weight excluding hydrogens is 379 g/mol. The number of amides is 2. The summed E-state index contributed by atoms with van der Waals surface area (Å²) in [7, 11) is 3.31. The lowest BCUT2D eigenvalue weighted by Gasteiger charge is -2.24. The number of carbonyl (C=O) groups excluding carboxylic acids is 3. The molecule has 0 bridgehead atoms. The number of rotatable bonds is 4. The molecule has 3 rings (SSSR count). The molecule has 26 heavy (non-hydrogen) atoms. The Morgan fingerprint density at radius 2 is 1.50 bits per heavy atom. The summed E-state index contributed by atoms with van der Waals surface area (Å²) in [4.78, 5) is 44.1. The van der Waals surface area contributed by atoms with Crippen LogP contribution in [0, 0.1) is 0 Å². The lowest BCUT2D eigenvalue weighted by atomic mass is 10.1. The molecule has 1 aliphatic rings. The normalized spacial score (nSPS) is 14.6. The van der Waals surface area contributed by atoms with Crippen molar-refractivity contribution in [3.05, 3.63) is 69.2 Å². The van der Waals surface area contributed by atoms with E-state index >= 15 is 0 Å². The van der Waals surface area contributed by atoms with Crippen LogP contribution in [0.15, 0.2) is 42.5 Å². The molecule has 0 radical (unpaired) electrons. The minimum Gasteiger partial charge on any atom is -0.328 e. The maximum absolute atomic E-state index is 12.7. The molecule has 0 saturated carbocycles. The van der Waals surface area contributed by atoms with Gasteiger partial charge in [0.15, 0.2) is 0 Å². The maximum Gasteiger partial charge on any atom is 0.354 e. The van der Waals surface area contributed by atoms with E-state index in [9.17, 15) is 14.4 Å². The van der Waals surface area contributed by atoms with Gasteiger partial charge in [0.25, 0.3) is 11.8 Å². The van der Waals surface area contributed by atoms with Crippen molar-refractivity contribution in [3.63, 3.8) is 0 Å². The number of hydrogen-bond acceptors (Lipinski definition) is 5. The van der Waals surface area contributed by atoms with Crippen LogP contribution in [0.1, 0.15) is 32.3 Å². The highest BCUT2D eigenvalue weighted by atomic mass is 35.5. The van der Waals surface area contributed by atoms with Crippen LogP contribution in [0.2, 0.25) is 10.0 Å². The molecule has 1 unspecified atom stereocenters.